The van der Waals surface area contributed by atoms with E-state index in [2.05, 4.69) is 20.1 Å². The van der Waals surface area contributed by atoms with Crippen molar-refractivity contribution in [1.82, 2.24) is 24.7 Å². The minimum absolute atomic E-state index is 0.0367. The Morgan fingerprint density at radius 2 is 2.13 bits per heavy atom. The Labute approximate surface area is 133 Å². The van der Waals surface area contributed by atoms with E-state index in [0.29, 0.717) is 18.2 Å². The number of esters is 1. The number of hydrogen-bond acceptors (Lipinski definition) is 7. The Kier molecular flexibility index (Phi) is 3.97. The number of carbonyl (C=O) groups excluding carboxylic acids is 1. The smallest absolute Gasteiger partial charge is 0.318 e. The van der Waals surface area contributed by atoms with E-state index >= 15 is 0 Å². The first-order chi connectivity index (χ1) is 11.0. The van der Waals surface area contributed by atoms with E-state index in [1.54, 1.807) is 11.6 Å². The van der Waals surface area contributed by atoms with Crippen molar-refractivity contribution in [1.29, 1.82) is 0 Å². The van der Waals surface area contributed by atoms with Crippen LogP contribution in [0.3, 0.4) is 0 Å². The third kappa shape index (κ3) is 3.01. The molecule has 0 N–H and O–H groups in total. The van der Waals surface area contributed by atoms with Gasteiger partial charge in [0.1, 0.15) is 11.6 Å². The average Bonchev–Trinajstić information content (AvgIpc) is 3.26. The molecule has 2 aromatic heterocycles. The molecule has 0 spiro atoms. The molecule has 122 valence electrons. The Hall–Kier alpha value is -2.51. The van der Waals surface area contributed by atoms with Crippen molar-refractivity contribution in [3.05, 3.63) is 23.4 Å². The van der Waals surface area contributed by atoms with Crippen LogP contribution in [0.1, 0.15) is 36.6 Å². The van der Waals surface area contributed by atoms with Gasteiger partial charge in [0.25, 0.3) is 0 Å². The second kappa shape index (κ2) is 5.94. The van der Waals surface area contributed by atoms with Crippen LogP contribution in [-0.2, 0) is 9.53 Å². The molecule has 0 amide bonds. The lowest BCUT2D eigenvalue weighted by Gasteiger charge is -2.08. The second-order valence-corrected chi connectivity index (χ2v) is 5.46. The van der Waals surface area contributed by atoms with Gasteiger partial charge in [0.15, 0.2) is 5.82 Å². The van der Waals surface area contributed by atoms with Crippen LogP contribution in [0.2, 0.25) is 0 Å². The fourth-order valence-corrected chi connectivity index (χ4v) is 2.59. The number of ether oxygens (including phenoxy) is 2. The molecule has 3 rings (SSSR count). The van der Waals surface area contributed by atoms with E-state index in [1.165, 1.54) is 7.11 Å². The van der Waals surface area contributed by atoms with Gasteiger partial charge < -0.3 is 9.47 Å². The van der Waals surface area contributed by atoms with Gasteiger partial charge in [-0.15, -0.1) is 5.10 Å². The highest BCUT2D eigenvalue weighted by atomic mass is 16.5. The summed E-state index contributed by atoms with van der Waals surface area (Å²) < 4.78 is 11.9. The molecular formula is C15H19N5O3. The van der Waals surface area contributed by atoms with Crippen LogP contribution in [0.25, 0.3) is 5.82 Å². The number of aryl methyl sites for hydroxylation is 2. The summed E-state index contributed by atoms with van der Waals surface area (Å²) in [5.74, 6) is 1.70. The van der Waals surface area contributed by atoms with E-state index in [0.717, 1.165) is 17.9 Å². The first-order valence-corrected chi connectivity index (χ1v) is 7.53. The standard InChI is InChI=1S/C15H19N5O3/c1-5-23-14(21)11-6-10(11)12-7-13(18-15(17-12)22-4)20-9(3)16-8(2)19-20/h7,10-11H,5-6H2,1-4H3. The maximum absolute atomic E-state index is 11.8. The number of rotatable bonds is 5. The number of carbonyl (C=O) groups is 1. The largest absolute Gasteiger partial charge is 0.467 e. The second-order valence-electron chi connectivity index (χ2n) is 5.46. The fraction of sp³-hybridized carbons (Fsp3) is 0.533. The topological polar surface area (TPSA) is 92.0 Å². The van der Waals surface area contributed by atoms with Gasteiger partial charge in [-0.25, -0.2) is 4.98 Å². The highest BCUT2D eigenvalue weighted by Crippen LogP contribution is 2.48. The molecule has 2 aromatic rings. The molecule has 2 unspecified atom stereocenters. The van der Waals surface area contributed by atoms with Gasteiger partial charge in [-0.05, 0) is 27.2 Å². The molecule has 2 heterocycles. The summed E-state index contributed by atoms with van der Waals surface area (Å²) >= 11 is 0. The maximum Gasteiger partial charge on any atom is 0.318 e. The van der Waals surface area contributed by atoms with Crippen LogP contribution in [0, 0.1) is 19.8 Å². The van der Waals surface area contributed by atoms with Crippen molar-refractivity contribution in [3.8, 4) is 11.8 Å². The van der Waals surface area contributed by atoms with Crippen LogP contribution in [0.15, 0.2) is 6.07 Å². The number of hydrogen-bond donors (Lipinski definition) is 0. The Bertz CT molecular complexity index is 743. The van der Waals surface area contributed by atoms with Gasteiger partial charge in [0, 0.05) is 12.0 Å². The SMILES string of the molecule is CCOC(=O)C1CC1c1cc(-n2nc(C)nc2C)nc(OC)n1. The summed E-state index contributed by atoms with van der Waals surface area (Å²) in [7, 11) is 1.51. The average molecular weight is 317 g/mol. The molecule has 8 nitrogen and oxygen atoms in total. The van der Waals surface area contributed by atoms with Gasteiger partial charge in [-0.1, -0.05) is 0 Å². The van der Waals surface area contributed by atoms with Crippen LogP contribution in [0.5, 0.6) is 6.01 Å². The molecule has 0 aromatic carbocycles. The van der Waals surface area contributed by atoms with Crippen molar-refractivity contribution in [2.24, 2.45) is 5.92 Å². The van der Waals surface area contributed by atoms with Crippen molar-refractivity contribution < 1.29 is 14.3 Å². The van der Waals surface area contributed by atoms with Crippen molar-refractivity contribution in [2.45, 2.75) is 33.1 Å². The number of aromatic nitrogens is 5. The first-order valence-electron chi connectivity index (χ1n) is 7.53. The van der Waals surface area contributed by atoms with Crippen LogP contribution >= 0.6 is 0 Å². The van der Waals surface area contributed by atoms with Crippen molar-refractivity contribution in [3.63, 3.8) is 0 Å². The van der Waals surface area contributed by atoms with Crippen LogP contribution in [-0.4, -0.2) is 44.4 Å². The van der Waals surface area contributed by atoms with Gasteiger partial charge in [-0.2, -0.15) is 14.6 Å². The van der Waals surface area contributed by atoms with E-state index in [-0.39, 0.29) is 23.8 Å². The Morgan fingerprint density at radius 3 is 2.74 bits per heavy atom. The quantitative estimate of drug-likeness (QED) is 0.768. The molecule has 0 radical (unpaired) electrons. The fourth-order valence-electron chi connectivity index (χ4n) is 2.59. The maximum atomic E-state index is 11.8. The first kappa shape index (κ1) is 15.4. The molecule has 1 fully saturated rings. The lowest BCUT2D eigenvalue weighted by Crippen LogP contribution is -2.09. The molecule has 23 heavy (non-hydrogen) atoms. The minimum atomic E-state index is -0.176. The Morgan fingerprint density at radius 1 is 1.35 bits per heavy atom. The molecule has 1 aliphatic carbocycles. The lowest BCUT2D eigenvalue weighted by atomic mass is 10.2. The molecule has 0 saturated heterocycles. The van der Waals surface area contributed by atoms with Gasteiger partial charge in [0.05, 0.1) is 25.3 Å². The minimum Gasteiger partial charge on any atom is -0.467 e. The van der Waals surface area contributed by atoms with E-state index in [4.69, 9.17) is 9.47 Å². The zero-order chi connectivity index (χ0) is 16.6. The third-order valence-electron chi connectivity index (χ3n) is 3.75. The predicted molar refractivity (Wildman–Crippen MR) is 80.5 cm³/mol. The Balaban J connectivity index is 1.92. The molecule has 0 bridgehead atoms. The molecule has 1 saturated carbocycles. The van der Waals surface area contributed by atoms with Gasteiger partial charge in [0.2, 0.25) is 0 Å². The van der Waals surface area contributed by atoms with Crippen molar-refractivity contribution in [2.75, 3.05) is 13.7 Å². The predicted octanol–water partition coefficient (Wildman–Crippen LogP) is 1.35. The van der Waals surface area contributed by atoms with Crippen LogP contribution in [0.4, 0.5) is 0 Å². The van der Waals surface area contributed by atoms with E-state index < -0.39 is 0 Å². The summed E-state index contributed by atoms with van der Waals surface area (Å²) in [5, 5.41) is 4.33. The monoisotopic (exact) mass is 317 g/mol. The summed E-state index contributed by atoms with van der Waals surface area (Å²) in [6.07, 6.45) is 0.730. The highest BCUT2D eigenvalue weighted by molar-refractivity contribution is 5.77. The molecule has 8 heteroatoms. The van der Waals surface area contributed by atoms with E-state index in [1.807, 2.05) is 19.9 Å². The zero-order valence-electron chi connectivity index (χ0n) is 13.6. The third-order valence-corrected chi connectivity index (χ3v) is 3.75. The normalized spacial score (nSPS) is 19.5. The number of methoxy groups -OCH3 is 1. The van der Waals surface area contributed by atoms with Crippen LogP contribution < -0.4 is 4.74 Å². The lowest BCUT2D eigenvalue weighted by molar-refractivity contribution is -0.144. The molecule has 1 aliphatic rings. The zero-order valence-corrected chi connectivity index (χ0v) is 13.6. The summed E-state index contributed by atoms with van der Waals surface area (Å²) in [6.45, 7) is 5.86. The van der Waals surface area contributed by atoms with E-state index in [9.17, 15) is 4.79 Å². The number of nitrogens with zero attached hydrogens (tertiary/aromatic N) is 5. The van der Waals surface area contributed by atoms with Crippen molar-refractivity contribution >= 4 is 5.97 Å². The summed E-state index contributed by atoms with van der Waals surface area (Å²) in [6, 6.07) is 2.08. The molecular weight excluding hydrogens is 298 g/mol. The molecule has 2 atom stereocenters. The molecule has 0 aliphatic heterocycles. The highest BCUT2D eigenvalue weighted by Gasteiger charge is 2.46. The van der Waals surface area contributed by atoms with Gasteiger partial charge in [-0.3, -0.25) is 4.79 Å². The summed E-state index contributed by atoms with van der Waals surface area (Å²) in [5.41, 5.74) is 0.762. The van der Waals surface area contributed by atoms with Gasteiger partial charge >= 0.3 is 12.0 Å². The summed E-state index contributed by atoms with van der Waals surface area (Å²) in [4.78, 5) is 24.8.